The molecule has 0 radical (unpaired) electrons. The third-order valence-electron chi connectivity index (χ3n) is 4.48. The predicted molar refractivity (Wildman–Crippen MR) is 119 cm³/mol. The van der Waals surface area contributed by atoms with Crippen molar-refractivity contribution in [3.63, 3.8) is 0 Å². The number of nitrogens with one attached hydrogen (secondary N) is 1. The summed E-state index contributed by atoms with van der Waals surface area (Å²) in [4.78, 5) is 26.9. The number of hydrogen-bond acceptors (Lipinski definition) is 5. The maximum absolute atomic E-state index is 12.8. The second kappa shape index (κ2) is 10.6. The zero-order valence-electron chi connectivity index (χ0n) is 17.1. The first-order chi connectivity index (χ1) is 14.6. The first-order valence-corrected chi connectivity index (χ1v) is 10.8. The molecule has 0 bridgehead atoms. The molecule has 0 fully saturated rings. The Balaban J connectivity index is 1.60. The normalized spacial score (nSPS) is 10.6. The van der Waals surface area contributed by atoms with Gasteiger partial charge in [0.25, 0.3) is 0 Å². The molecular weight excluding hydrogens is 398 g/mol. The summed E-state index contributed by atoms with van der Waals surface area (Å²) in [5.41, 5.74) is 2.67. The number of carbonyl (C=O) groups is 2. The number of nitrogens with zero attached hydrogens (tertiary/aromatic N) is 4. The highest BCUT2D eigenvalue weighted by Gasteiger charge is 2.18. The summed E-state index contributed by atoms with van der Waals surface area (Å²) < 4.78 is 1.84. The van der Waals surface area contributed by atoms with Crippen LogP contribution in [0.3, 0.4) is 0 Å². The summed E-state index contributed by atoms with van der Waals surface area (Å²) in [6.45, 7) is 4.46. The number of aromatic nitrogens is 3. The van der Waals surface area contributed by atoms with Gasteiger partial charge in [-0.2, -0.15) is 0 Å². The van der Waals surface area contributed by atoms with E-state index in [2.05, 4.69) is 15.5 Å². The number of para-hydroxylation sites is 2. The number of thioether (sulfide) groups is 1. The number of hydrogen-bond donors (Lipinski definition) is 1. The predicted octanol–water partition coefficient (Wildman–Crippen LogP) is 3.55. The molecule has 2 aromatic carbocycles. The molecule has 0 atom stereocenters. The minimum Gasteiger partial charge on any atom is -0.333 e. The largest absolute Gasteiger partial charge is 0.333 e. The van der Waals surface area contributed by atoms with E-state index in [-0.39, 0.29) is 24.1 Å². The lowest BCUT2D eigenvalue weighted by atomic mass is 10.2. The molecule has 1 N–H and O–H groups in total. The molecule has 8 heteroatoms. The summed E-state index contributed by atoms with van der Waals surface area (Å²) in [7, 11) is 0. The quantitative estimate of drug-likeness (QED) is 0.533. The molecular formula is C22H25N5O2S. The SMILES string of the molecule is CCCN(CC(=O)Nc1ccccc1C)C(=O)CSc1nncn1-c1ccccc1. The smallest absolute Gasteiger partial charge is 0.244 e. The van der Waals surface area contributed by atoms with Crippen LogP contribution in [0.2, 0.25) is 0 Å². The summed E-state index contributed by atoms with van der Waals surface area (Å²) in [5.74, 6) is -0.128. The molecule has 0 saturated heterocycles. The highest BCUT2D eigenvalue weighted by Crippen LogP contribution is 2.20. The molecule has 1 aromatic heterocycles. The Morgan fingerprint density at radius 3 is 2.57 bits per heavy atom. The van der Waals surface area contributed by atoms with E-state index in [4.69, 9.17) is 0 Å². The van der Waals surface area contributed by atoms with Gasteiger partial charge in [0.05, 0.1) is 12.3 Å². The summed E-state index contributed by atoms with van der Waals surface area (Å²) in [6, 6.07) is 17.3. The number of anilines is 1. The first kappa shape index (κ1) is 21.6. The number of benzene rings is 2. The molecule has 0 unspecified atom stereocenters. The average molecular weight is 424 g/mol. The molecule has 2 amide bonds. The van der Waals surface area contributed by atoms with Gasteiger partial charge in [0.2, 0.25) is 11.8 Å². The molecule has 0 aliphatic rings. The summed E-state index contributed by atoms with van der Waals surface area (Å²) in [5, 5.41) is 11.6. The Labute approximate surface area is 180 Å². The molecule has 156 valence electrons. The second-order valence-electron chi connectivity index (χ2n) is 6.79. The number of amides is 2. The summed E-state index contributed by atoms with van der Waals surface area (Å²) in [6.07, 6.45) is 2.40. The Hall–Kier alpha value is -3.13. The van der Waals surface area contributed by atoms with Crippen molar-refractivity contribution in [2.24, 2.45) is 0 Å². The van der Waals surface area contributed by atoms with E-state index in [0.717, 1.165) is 23.4 Å². The molecule has 1 heterocycles. The lowest BCUT2D eigenvalue weighted by Gasteiger charge is -2.21. The number of rotatable bonds is 9. The van der Waals surface area contributed by atoms with Crippen molar-refractivity contribution in [1.82, 2.24) is 19.7 Å². The average Bonchev–Trinajstić information content (AvgIpc) is 3.22. The van der Waals surface area contributed by atoms with E-state index >= 15 is 0 Å². The van der Waals surface area contributed by atoms with Crippen molar-refractivity contribution in [2.45, 2.75) is 25.4 Å². The van der Waals surface area contributed by atoms with Crippen molar-refractivity contribution in [1.29, 1.82) is 0 Å². The van der Waals surface area contributed by atoms with Crippen molar-refractivity contribution in [2.75, 3.05) is 24.2 Å². The Morgan fingerprint density at radius 2 is 1.83 bits per heavy atom. The maximum atomic E-state index is 12.8. The van der Waals surface area contributed by atoms with Crippen LogP contribution in [-0.2, 0) is 9.59 Å². The van der Waals surface area contributed by atoms with Gasteiger partial charge in [0.15, 0.2) is 5.16 Å². The van der Waals surface area contributed by atoms with Crippen LogP contribution >= 0.6 is 11.8 Å². The van der Waals surface area contributed by atoms with Crippen molar-refractivity contribution in [3.05, 3.63) is 66.5 Å². The van der Waals surface area contributed by atoms with Crippen LogP contribution in [0.5, 0.6) is 0 Å². The van der Waals surface area contributed by atoms with Crippen LogP contribution in [-0.4, -0.2) is 50.3 Å². The third-order valence-corrected chi connectivity index (χ3v) is 5.40. The molecule has 0 saturated carbocycles. The molecule has 3 aromatic rings. The van der Waals surface area contributed by atoms with Gasteiger partial charge in [-0.05, 0) is 37.1 Å². The van der Waals surface area contributed by atoms with E-state index in [1.807, 2.05) is 73.0 Å². The van der Waals surface area contributed by atoms with Gasteiger partial charge in [-0.1, -0.05) is 55.1 Å². The van der Waals surface area contributed by atoms with Gasteiger partial charge in [-0.15, -0.1) is 10.2 Å². The van der Waals surface area contributed by atoms with Crippen molar-refractivity contribution < 1.29 is 9.59 Å². The number of carbonyl (C=O) groups excluding carboxylic acids is 2. The maximum Gasteiger partial charge on any atom is 0.244 e. The molecule has 3 rings (SSSR count). The zero-order valence-corrected chi connectivity index (χ0v) is 17.9. The van der Waals surface area contributed by atoms with Crippen molar-refractivity contribution >= 4 is 29.3 Å². The Kier molecular flexibility index (Phi) is 7.62. The van der Waals surface area contributed by atoms with E-state index < -0.39 is 0 Å². The minimum atomic E-state index is -0.205. The van der Waals surface area contributed by atoms with Gasteiger partial charge in [0, 0.05) is 17.9 Å². The molecule has 0 aliphatic heterocycles. The van der Waals surface area contributed by atoms with Crippen molar-refractivity contribution in [3.8, 4) is 5.69 Å². The fraction of sp³-hybridized carbons (Fsp3) is 0.273. The fourth-order valence-electron chi connectivity index (χ4n) is 2.94. The highest BCUT2D eigenvalue weighted by atomic mass is 32.2. The van der Waals surface area contributed by atoms with Gasteiger partial charge < -0.3 is 10.2 Å². The van der Waals surface area contributed by atoms with Crippen LogP contribution < -0.4 is 5.32 Å². The Bertz CT molecular complexity index is 990. The lowest BCUT2D eigenvalue weighted by Crippen LogP contribution is -2.39. The zero-order chi connectivity index (χ0) is 21.3. The summed E-state index contributed by atoms with van der Waals surface area (Å²) >= 11 is 1.31. The topological polar surface area (TPSA) is 80.1 Å². The monoisotopic (exact) mass is 423 g/mol. The molecule has 7 nitrogen and oxygen atoms in total. The molecule has 0 spiro atoms. The standard InChI is InChI=1S/C22H25N5O2S/c1-3-13-26(14-20(28)24-19-12-8-7-9-17(19)2)21(29)15-30-22-25-23-16-27(22)18-10-5-4-6-11-18/h4-12,16H,3,13-15H2,1-2H3,(H,24,28). The van der Waals surface area contributed by atoms with E-state index in [9.17, 15) is 9.59 Å². The first-order valence-electron chi connectivity index (χ1n) is 9.80. The van der Waals surface area contributed by atoms with Crippen LogP contribution in [0, 0.1) is 6.92 Å². The lowest BCUT2D eigenvalue weighted by molar-refractivity contribution is -0.132. The minimum absolute atomic E-state index is 0.0208. The fourth-order valence-corrected chi connectivity index (χ4v) is 3.78. The van der Waals surface area contributed by atoms with E-state index in [1.165, 1.54) is 11.8 Å². The van der Waals surface area contributed by atoms with E-state index in [1.54, 1.807) is 11.2 Å². The van der Waals surface area contributed by atoms with Gasteiger partial charge in [-0.25, -0.2) is 0 Å². The highest BCUT2D eigenvalue weighted by molar-refractivity contribution is 7.99. The van der Waals surface area contributed by atoms with Crippen LogP contribution in [0.15, 0.2) is 66.1 Å². The Morgan fingerprint density at radius 1 is 1.10 bits per heavy atom. The second-order valence-corrected chi connectivity index (χ2v) is 7.73. The van der Waals surface area contributed by atoms with Gasteiger partial charge in [-0.3, -0.25) is 14.2 Å². The molecule has 30 heavy (non-hydrogen) atoms. The third kappa shape index (κ3) is 5.70. The van der Waals surface area contributed by atoms with Gasteiger partial charge >= 0.3 is 0 Å². The number of aryl methyl sites for hydroxylation is 1. The van der Waals surface area contributed by atoms with Crippen LogP contribution in [0.1, 0.15) is 18.9 Å². The van der Waals surface area contributed by atoms with E-state index in [0.29, 0.717) is 11.7 Å². The van der Waals surface area contributed by atoms with Crippen LogP contribution in [0.4, 0.5) is 5.69 Å². The molecule has 0 aliphatic carbocycles. The van der Waals surface area contributed by atoms with Crippen LogP contribution in [0.25, 0.3) is 5.69 Å². The van der Waals surface area contributed by atoms with Gasteiger partial charge in [0.1, 0.15) is 6.33 Å².